The lowest BCUT2D eigenvalue weighted by molar-refractivity contribution is 0.668. The number of imidazole rings is 3. The monoisotopic (exact) mass is 1930 g/mol. The van der Waals surface area contributed by atoms with Crippen molar-refractivity contribution in [2.75, 3.05) is 0 Å². The molecule has 704 valence electrons. The van der Waals surface area contributed by atoms with E-state index in [9.17, 15) is 0 Å². The molecule has 9 heterocycles. The third-order valence-electron chi connectivity index (χ3n) is 27.2. The Bertz CT molecular complexity index is 10100. The van der Waals surface area contributed by atoms with Gasteiger partial charge in [-0.1, -0.05) is 352 Å². The summed E-state index contributed by atoms with van der Waals surface area (Å²) >= 11 is 0. The van der Waals surface area contributed by atoms with Crippen LogP contribution in [-0.4, -0.2) is 73.5 Å². The van der Waals surface area contributed by atoms with Crippen molar-refractivity contribution in [2.24, 2.45) is 0 Å². The summed E-state index contributed by atoms with van der Waals surface area (Å²) in [6.45, 7) is 0. The van der Waals surface area contributed by atoms with Crippen LogP contribution in [0.5, 0.6) is 0 Å². The van der Waals surface area contributed by atoms with Crippen LogP contribution in [0.2, 0.25) is 0 Å². The normalized spacial score (nSPS) is 11.5. The van der Waals surface area contributed by atoms with Gasteiger partial charge >= 0.3 is 0 Å². The quantitative estimate of drug-likeness (QED) is 0.0830. The number of hydrogen-bond donors (Lipinski definition) is 0. The molecule has 0 saturated carbocycles. The number of benzene rings is 20. The van der Waals surface area contributed by atoms with Gasteiger partial charge in [-0.05, 0) is 174 Å². The molecular weight excluding hydrogens is 1840 g/mol. The first-order chi connectivity index (χ1) is 74.3. The van der Waals surface area contributed by atoms with Crippen LogP contribution in [-0.2, 0) is 0 Å². The largest absolute Gasteiger partial charge is 0.456 e. The molecule has 0 fully saturated rings. The van der Waals surface area contributed by atoms with Crippen molar-refractivity contribution < 1.29 is 13.3 Å². The lowest BCUT2D eigenvalue weighted by atomic mass is 10.0. The standard InChI is InChI=1S/2C46H29N5O.C40H25N5O/c1-4-14-30(15-5-1)32-18-12-19-33(28-32)44-48-43(31-16-6-2-7-17-31)49-45(50-44)36-22-13-25-41-42(36)37-29-34(26-27-40(37)52-41)46-47-38-23-10-11-24-39(38)51(46)35-20-8-3-9-21-35;1-4-13-30(14-5-1)31-23-25-33(26-24-31)44-48-43(32-15-6-2-7-16-32)49-45(50-44)36-19-12-22-41-42(36)37-29-34(27-28-40(37)52-41)46-47-38-20-10-11-21-39(38)51(46)35-17-8-3-9-18-35;1-4-13-26(14-5-1)37-42-38(27-15-6-2-7-16-27)44-39(43-37)30-19-12-22-35-36(30)31-25-28(23-24-34(31)46-35)40-41-32-20-10-11-21-33(32)45(40)29-17-8-3-9-18-29/h2*1-29H;1-25H. The second-order valence-electron chi connectivity index (χ2n) is 36.5. The number of aromatic nitrogens is 15. The molecule has 29 aromatic rings. The van der Waals surface area contributed by atoms with Gasteiger partial charge in [0.25, 0.3) is 0 Å². The summed E-state index contributed by atoms with van der Waals surface area (Å²) < 4.78 is 26.0. The maximum Gasteiger partial charge on any atom is 0.164 e. The highest BCUT2D eigenvalue weighted by molar-refractivity contribution is 6.16. The lowest BCUT2D eigenvalue weighted by Gasteiger charge is -2.11. The van der Waals surface area contributed by atoms with Gasteiger partial charge in [-0.2, -0.15) is 0 Å². The van der Waals surface area contributed by atoms with Gasteiger partial charge in [-0.3, -0.25) is 13.7 Å². The molecule has 0 aliphatic heterocycles. The molecule has 0 aliphatic carbocycles. The lowest BCUT2D eigenvalue weighted by Crippen LogP contribution is -2.00. The molecule has 29 rings (SSSR count). The van der Waals surface area contributed by atoms with E-state index in [1.54, 1.807) is 0 Å². The van der Waals surface area contributed by atoms with Crippen molar-refractivity contribution in [3.8, 4) is 176 Å². The second-order valence-corrected chi connectivity index (χ2v) is 36.5. The maximum absolute atomic E-state index is 6.48. The Balaban J connectivity index is 0.000000111. The number of hydrogen-bond acceptors (Lipinski definition) is 15. The highest BCUT2D eigenvalue weighted by Gasteiger charge is 2.28. The number of rotatable bonds is 17. The minimum atomic E-state index is 0.573. The number of fused-ring (bicyclic) bond motifs is 12. The smallest absolute Gasteiger partial charge is 0.164 e. The minimum absolute atomic E-state index is 0.573. The van der Waals surface area contributed by atoms with Crippen LogP contribution >= 0.6 is 0 Å². The van der Waals surface area contributed by atoms with Crippen LogP contribution in [0.15, 0.2) is 517 Å². The third-order valence-corrected chi connectivity index (χ3v) is 27.2. The Morgan fingerprint density at radius 2 is 0.360 bits per heavy atom. The predicted octanol–water partition coefficient (Wildman–Crippen LogP) is 32.7. The summed E-state index contributed by atoms with van der Waals surface area (Å²) in [5, 5.41) is 5.73. The van der Waals surface area contributed by atoms with Gasteiger partial charge in [-0.25, -0.2) is 59.8 Å². The fourth-order valence-electron chi connectivity index (χ4n) is 20.2. The summed E-state index contributed by atoms with van der Waals surface area (Å²) in [6.07, 6.45) is 0. The van der Waals surface area contributed by atoms with Gasteiger partial charge < -0.3 is 13.3 Å². The molecule has 0 atom stereocenters. The first kappa shape index (κ1) is 88.2. The zero-order valence-electron chi connectivity index (χ0n) is 80.4. The van der Waals surface area contributed by atoms with Gasteiger partial charge in [0.15, 0.2) is 52.4 Å². The molecule has 18 nitrogen and oxygen atoms in total. The summed E-state index contributed by atoms with van der Waals surface area (Å²) in [5.41, 5.74) is 29.3. The van der Waals surface area contributed by atoms with Crippen molar-refractivity contribution in [2.45, 2.75) is 0 Å². The van der Waals surface area contributed by atoms with E-state index in [4.69, 9.17) is 73.1 Å². The second kappa shape index (κ2) is 38.2. The van der Waals surface area contributed by atoms with Gasteiger partial charge in [0, 0.05) is 116 Å². The van der Waals surface area contributed by atoms with E-state index in [1.807, 2.05) is 224 Å². The van der Waals surface area contributed by atoms with Crippen LogP contribution in [0, 0.1) is 0 Å². The Kier molecular flexibility index (Phi) is 22.4. The molecule has 18 heteroatoms. The highest BCUT2D eigenvalue weighted by atomic mass is 16.3. The molecular formula is C132H83N15O3. The average Bonchev–Trinajstić information content (AvgIpc) is 1.59. The topological polar surface area (TPSA) is 209 Å². The van der Waals surface area contributed by atoms with Crippen LogP contribution in [0.4, 0.5) is 0 Å². The molecule has 20 aromatic carbocycles. The van der Waals surface area contributed by atoms with Crippen LogP contribution in [0.25, 0.3) is 275 Å². The van der Waals surface area contributed by atoms with Crippen molar-refractivity contribution in [3.05, 3.63) is 504 Å². The summed E-state index contributed by atoms with van der Waals surface area (Å²) in [6, 6.07) is 170. The fraction of sp³-hybridized carbons (Fsp3) is 0. The first-order valence-corrected chi connectivity index (χ1v) is 49.6. The molecule has 0 radical (unpaired) electrons. The molecule has 0 aliphatic rings. The van der Waals surface area contributed by atoms with E-state index >= 15 is 0 Å². The maximum atomic E-state index is 6.48. The molecule has 0 unspecified atom stereocenters. The zero-order chi connectivity index (χ0) is 99.3. The van der Waals surface area contributed by atoms with Crippen LogP contribution in [0.3, 0.4) is 0 Å². The van der Waals surface area contributed by atoms with Gasteiger partial charge in [0.2, 0.25) is 0 Å². The highest BCUT2D eigenvalue weighted by Crippen LogP contribution is 2.46. The molecule has 0 bridgehead atoms. The Hall–Kier alpha value is -20.8. The average molecular weight is 1930 g/mol. The molecule has 9 aromatic heterocycles. The van der Waals surface area contributed by atoms with E-state index in [-0.39, 0.29) is 0 Å². The SMILES string of the molecule is c1ccc(-c2ccc(-c3nc(-c4ccccc4)nc(-c4cccc5oc6ccc(-c7nc8ccccc8n7-c7ccccc7)cc6c45)n3)cc2)cc1.c1ccc(-c2cccc(-c3nc(-c4ccccc4)nc(-c4cccc5oc6ccc(-c7nc8ccccc8n7-c7ccccc7)cc6c45)n3)c2)cc1.c1ccc(-c2nc(-c3ccccc3)nc(-c3cccc4oc5ccc(-c6nc7ccccc7n6-c6ccccc6)cc5c34)n2)cc1. The van der Waals surface area contributed by atoms with Gasteiger partial charge in [0.05, 0.1) is 33.1 Å². The van der Waals surface area contributed by atoms with Crippen molar-refractivity contribution in [1.82, 2.24) is 73.5 Å². The van der Waals surface area contributed by atoms with E-state index in [2.05, 4.69) is 293 Å². The Morgan fingerprint density at radius 3 is 0.673 bits per heavy atom. The molecule has 0 spiro atoms. The molecule has 0 saturated heterocycles. The van der Waals surface area contributed by atoms with Crippen molar-refractivity contribution in [1.29, 1.82) is 0 Å². The molecule has 0 N–H and O–H groups in total. The molecule has 150 heavy (non-hydrogen) atoms. The van der Waals surface area contributed by atoms with Crippen molar-refractivity contribution in [3.63, 3.8) is 0 Å². The third kappa shape index (κ3) is 16.6. The van der Waals surface area contributed by atoms with Gasteiger partial charge in [0.1, 0.15) is 51.0 Å². The Labute approximate surface area is 859 Å². The van der Waals surface area contributed by atoms with E-state index < -0.39 is 0 Å². The van der Waals surface area contributed by atoms with Crippen molar-refractivity contribution >= 4 is 98.9 Å². The summed E-state index contributed by atoms with van der Waals surface area (Å²) in [7, 11) is 0. The zero-order valence-corrected chi connectivity index (χ0v) is 80.4. The first-order valence-electron chi connectivity index (χ1n) is 49.6. The van der Waals surface area contributed by atoms with E-state index in [0.29, 0.717) is 52.4 Å². The summed E-state index contributed by atoms with van der Waals surface area (Å²) in [4.78, 5) is 60.7. The fourth-order valence-corrected chi connectivity index (χ4v) is 20.2. The number of para-hydroxylation sites is 9. The van der Waals surface area contributed by atoms with E-state index in [1.165, 1.54) is 0 Å². The van der Waals surface area contributed by atoms with Crippen LogP contribution in [0.1, 0.15) is 0 Å². The van der Waals surface area contributed by atoms with Gasteiger partial charge in [-0.15, -0.1) is 0 Å². The number of furan rings is 3. The number of nitrogens with zero attached hydrogens (tertiary/aromatic N) is 15. The van der Waals surface area contributed by atoms with Crippen LogP contribution < -0.4 is 0 Å². The molecule has 0 amide bonds. The Morgan fingerprint density at radius 1 is 0.140 bits per heavy atom. The summed E-state index contributed by atoms with van der Waals surface area (Å²) in [5.74, 6) is 7.95. The van der Waals surface area contributed by atoms with E-state index in [0.717, 1.165) is 222 Å². The minimum Gasteiger partial charge on any atom is -0.456 e. The predicted molar refractivity (Wildman–Crippen MR) is 601 cm³/mol.